The van der Waals surface area contributed by atoms with Crippen LogP contribution >= 0.6 is 11.3 Å². The summed E-state index contributed by atoms with van der Waals surface area (Å²) in [4.78, 5) is 22.8. The van der Waals surface area contributed by atoms with Crippen LogP contribution in [-0.4, -0.2) is 21.9 Å². The predicted octanol–water partition coefficient (Wildman–Crippen LogP) is 6.90. The van der Waals surface area contributed by atoms with Gasteiger partial charge in [0.1, 0.15) is 10.8 Å². The molecule has 1 aliphatic rings. The summed E-state index contributed by atoms with van der Waals surface area (Å²) < 4.78 is 13.9. The summed E-state index contributed by atoms with van der Waals surface area (Å²) in [7, 11) is 0. The van der Waals surface area contributed by atoms with Crippen molar-refractivity contribution in [2.75, 3.05) is 0 Å². The molecule has 6 heteroatoms. The number of amides is 1. The molecule has 2 aromatic carbocycles. The molecule has 0 unspecified atom stereocenters. The highest BCUT2D eigenvalue weighted by Gasteiger charge is 2.28. The van der Waals surface area contributed by atoms with E-state index in [1.165, 1.54) is 16.5 Å². The Morgan fingerprint density at radius 2 is 1.82 bits per heavy atom. The topological polar surface area (TPSA) is 54.9 Å². The number of aromatic nitrogens is 2. The number of carbonyl (C=O) groups excluding carboxylic acids is 1. The Kier molecular flexibility index (Phi) is 6.42. The highest BCUT2D eigenvalue weighted by atomic mass is 32.1. The lowest BCUT2D eigenvalue weighted by molar-refractivity contribution is 0.0918. The van der Waals surface area contributed by atoms with Gasteiger partial charge in [-0.1, -0.05) is 12.1 Å². The fourth-order valence-corrected chi connectivity index (χ4v) is 5.86. The lowest BCUT2D eigenvalue weighted by Crippen LogP contribution is -2.39. The predicted molar refractivity (Wildman–Crippen MR) is 136 cm³/mol. The monoisotopic (exact) mass is 473 g/mol. The van der Waals surface area contributed by atoms with Gasteiger partial charge in [-0.25, -0.2) is 9.37 Å². The van der Waals surface area contributed by atoms with E-state index >= 15 is 0 Å². The van der Waals surface area contributed by atoms with Crippen LogP contribution in [0.3, 0.4) is 0 Å². The Bertz CT molecular complexity index is 1310. The largest absolute Gasteiger partial charge is 0.349 e. The maximum atomic E-state index is 13.9. The fourth-order valence-electron chi connectivity index (χ4n) is 5.09. The molecule has 1 fully saturated rings. The van der Waals surface area contributed by atoms with E-state index in [1.807, 2.05) is 49.6 Å². The van der Waals surface area contributed by atoms with E-state index in [1.54, 1.807) is 23.5 Å². The van der Waals surface area contributed by atoms with Crippen LogP contribution in [0.1, 0.15) is 59.3 Å². The Labute approximate surface area is 203 Å². The number of aryl methyl sites for hydroxylation is 1. The number of hydrogen-bond acceptors (Lipinski definition) is 4. The van der Waals surface area contributed by atoms with Gasteiger partial charge in [0.15, 0.2) is 0 Å². The normalized spacial score (nSPS) is 19.1. The van der Waals surface area contributed by atoms with Gasteiger partial charge in [-0.2, -0.15) is 0 Å². The fraction of sp³-hybridized carbons (Fsp3) is 0.321. The van der Waals surface area contributed by atoms with Gasteiger partial charge in [-0.3, -0.25) is 9.78 Å². The van der Waals surface area contributed by atoms with Crippen molar-refractivity contribution in [1.82, 2.24) is 15.3 Å². The van der Waals surface area contributed by atoms with E-state index in [0.29, 0.717) is 17.4 Å². The highest BCUT2D eigenvalue weighted by molar-refractivity contribution is 7.14. The van der Waals surface area contributed by atoms with Crippen molar-refractivity contribution < 1.29 is 9.18 Å². The van der Waals surface area contributed by atoms with Crippen molar-refractivity contribution in [2.45, 2.75) is 51.5 Å². The average molecular weight is 474 g/mol. The van der Waals surface area contributed by atoms with Crippen molar-refractivity contribution in [3.63, 3.8) is 0 Å². The van der Waals surface area contributed by atoms with Crippen LogP contribution in [0.4, 0.5) is 4.39 Å². The zero-order valence-corrected chi connectivity index (χ0v) is 20.2. The molecule has 0 radical (unpaired) electrons. The zero-order chi connectivity index (χ0) is 23.7. The zero-order valence-electron chi connectivity index (χ0n) is 19.4. The number of rotatable bonds is 5. The standard InChI is InChI=1S/C28H28FN3OS/c1-17-16-31-28(34-17)22-9-7-21(8-10-22)27(33)32-18(2)19-3-5-20(6-4-19)24-13-14-30-26-12-11-23(29)15-25(24)26/h7-16,18-20H,3-6H2,1-2H3,(H,32,33)/t18-,19-,20-/m1/s1. The molecule has 0 spiro atoms. The van der Waals surface area contributed by atoms with Crippen LogP contribution < -0.4 is 5.32 Å². The van der Waals surface area contributed by atoms with Crippen LogP contribution in [0, 0.1) is 18.7 Å². The molecule has 1 aliphatic carbocycles. The minimum Gasteiger partial charge on any atom is -0.349 e. The molecule has 0 saturated heterocycles. The Hall–Kier alpha value is -3.12. The molecule has 0 aliphatic heterocycles. The number of pyridine rings is 1. The minimum absolute atomic E-state index is 0.0351. The third-order valence-electron chi connectivity index (χ3n) is 7.03. The first kappa shape index (κ1) is 22.7. The van der Waals surface area contributed by atoms with Gasteiger partial charge in [0, 0.05) is 39.8 Å². The number of carbonyl (C=O) groups is 1. The maximum absolute atomic E-state index is 13.9. The first-order chi connectivity index (χ1) is 16.5. The van der Waals surface area contributed by atoms with Gasteiger partial charge in [0.25, 0.3) is 5.91 Å². The number of hydrogen-bond donors (Lipinski definition) is 1. The molecule has 1 amide bonds. The second-order valence-corrected chi connectivity index (χ2v) is 10.5. The van der Waals surface area contributed by atoms with Crippen LogP contribution in [-0.2, 0) is 0 Å². The molecular weight excluding hydrogens is 445 g/mol. The lowest BCUT2D eigenvalue weighted by Gasteiger charge is -2.33. The molecule has 2 heterocycles. The first-order valence-corrected chi connectivity index (χ1v) is 12.7. The Balaban J connectivity index is 1.20. The van der Waals surface area contributed by atoms with Crippen molar-refractivity contribution in [3.8, 4) is 10.6 Å². The minimum atomic E-state index is -0.221. The summed E-state index contributed by atoms with van der Waals surface area (Å²) in [5.41, 5.74) is 3.74. The van der Waals surface area contributed by atoms with Gasteiger partial charge in [0.05, 0.1) is 5.52 Å². The van der Waals surface area contributed by atoms with Crippen LogP contribution in [0.2, 0.25) is 0 Å². The molecule has 174 valence electrons. The number of fused-ring (bicyclic) bond motifs is 1. The summed E-state index contributed by atoms with van der Waals surface area (Å²) in [5.74, 6) is 0.574. The van der Waals surface area contributed by atoms with E-state index < -0.39 is 0 Å². The first-order valence-electron chi connectivity index (χ1n) is 11.9. The molecule has 0 bridgehead atoms. The van der Waals surface area contributed by atoms with E-state index in [4.69, 9.17) is 0 Å². The van der Waals surface area contributed by atoms with Gasteiger partial charge < -0.3 is 5.32 Å². The summed E-state index contributed by atoms with van der Waals surface area (Å²) in [6, 6.07) is 14.6. The van der Waals surface area contributed by atoms with E-state index in [0.717, 1.165) is 47.2 Å². The highest BCUT2D eigenvalue weighted by Crippen LogP contribution is 2.39. The van der Waals surface area contributed by atoms with Crippen molar-refractivity contribution >= 4 is 28.1 Å². The third kappa shape index (κ3) is 4.73. The summed E-state index contributed by atoms with van der Waals surface area (Å²) in [5, 5.41) is 5.10. The average Bonchev–Trinajstić information content (AvgIpc) is 3.30. The quantitative estimate of drug-likeness (QED) is 0.343. The van der Waals surface area contributed by atoms with E-state index in [-0.39, 0.29) is 17.8 Å². The van der Waals surface area contributed by atoms with Crippen molar-refractivity contribution in [3.05, 3.63) is 82.7 Å². The van der Waals surface area contributed by atoms with Crippen LogP contribution in [0.25, 0.3) is 21.5 Å². The summed E-state index contributed by atoms with van der Waals surface area (Å²) >= 11 is 1.65. The van der Waals surface area contributed by atoms with Crippen molar-refractivity contribution in [2.24, 2.45) is 5.92 Å². The van der Waals surface area contributed by atoms with Crippen molar-refractivity contribution in [1.29, 1.82) is 0 Å². The molecule has 1 N–H and O–H groups in total. The molecular formula is C28H28FN3OS. The van der Waals surface area contributed by atoms with Gasteiger partial charge in [-0.15, -0.1) is 11.3 Å². The second-order valence-electron chi connectivity index (χ2n) is 9.29. The number of nitrogens with zero attached hydrogens (tertiary/aromatic N) is 2. The molecule has 1 saturated carbocycles. The number of nitrogens with one attached hydrogen (secondary N) is 1. The number of benzene rings is 2. The lowest BCUT2D eigenvalue weighted by atomic mass is 9.75. The van der Waals surface area contributed by atoms with Gasteiger partial charge in [-0.05, 0) is 93.3 Å². The SMILES string of the molecule is Cc1cnc(-c2ccc(C(=O)N[C@H](C)[C@H]3CC[C@H](c4ccnc5ccc(F)cc54)CC3)cc2)s1. The Morgan fingerprint density at radius 1 is 1.06 bits per heavy atom. The van der Waals surface area contributed by atoms with Crippen LogP contribution in [0.15, 0.2) is 60.9 Å². The summed E-state index contributed by atoms with van der Waals surface area (Å²) in [6.45, 7) is 4.14. The molecule has 4 aromatic rings. The number of thiazole rings is 1. The van der Waals surface area contributed by atoms with E-state index in [2.05, 4.69) is 22.2 Å². The number of halogens is 1. The summed E-state index contributed by atoms with van der Waals surface area (Å²) in [6.07, 6.45) is 7.82. The molecule has 2 aromatic heterocycles. The molecule has 5 rings (SSSR count). The Morgan fingerprint density at radius 3 is 2.53 bits per heavy atom. The molecule has 4 nitrogen and oxygen atoms in total. The second kappa shape index (κ2) is 9.63. The van der Waals surface area contributed by atoms with Gasteiger partial charge >= 0.3 is 0 Å². The van der Waals surface area contributed by atoms with Gasteiger partial charge in [0.2, 0.25) is 0 Å². The van der Waals surface area contributed by atoms with E-state index in [9.17, 15) is 9.18 Å². The third-order valence-corrected chi connectivity index (χ3v) is 7.99. The smallest absolute Gasteiger partial charge is 0.251 e. The molecule has 34 heavy (non-hydrogen) atoms. The van der Waals surface area contributed by atoms with Crippen LogP contribution in [0.5, 0.6) is 0 Å². The molecule has 1 atom stereocenters. The maximum Gasteiger partial charge on any atom is 0.251 e.